The van der Waals surface area contributed by atoms with Crippen LogP contribution in [-0.4, -0.2) is 29.0 Å². The van der Waals surface area contributed by atoms with Crippen LogP contribution in [0.4, 0.5) is 5.82 Å². The number of carbonyl (C=O) groups excluding carboxylic acids is 1. The maximum absolute atomic E-state index is 12.7. The smallest absolute Gasteiger partial charge is 0.270 e. The molecule has 0 unspecified atom stereocenters. The van der Waals surface area contributed by atoms with Gasteiger partial charge in [-0.2, -0.15) is 0 Å². The lowest BCUT2D eigenvalue weighted by molar-refractivity contribution is 0.0928. The molecule has 6 heteroatoms. The number of aromatic nitrogens is 2. The minimum atomic E-state index is -0.118. The molecule has 0 bridgehead atoms. The lowest BCUT2D eigenvalue weighted by Gasteiger charge is -2.16. The van der Waals surface area contributed by atoms with Crippen LogP contribution in [0.1, 0.15) is 60.4 Å². The normalized spacial score (nSPS) is 15.0. The number of para-hydroxylation sites is 1. The van der Waals surface area contributed by atoms with Gasteiger partial charge in [0.2, 0.25) is 0 Å². The molecule has 0 aliphatic heterocycles. The number of nitrogens with zero attached hydrogens (tertiary/aromatic N) is 2. The summed E-state index contributed by atoms with van der Waals surface area (Å²) in [5, 5.41) is 6.42. The molecular weight excluding hydrogens is 340 g/mol. The first-order valence-corrected chi connectivity index (χ1v) is 9.68. The monoisotopic (exact) mass is 368 g/mol. The van der Waals surface area contributed by atoms with Crippen molar-refractivity contribution in [2.45, 2.75) is 58.0 Å². The average molecular weight is 368 g/mol. The molecule has 1 saturated carbocycles. The van der Waals surface area contributed by atoms with E-state index in [-0.39, 0.29) is 11.9 Å². The van der Waals surface area contributed by atoms with E-state index < -0.39 is 0 Å². The van der Waals surface area contributed by atoms with E-state index in [4.69, 9.17) is 4.74 Å². The summed E-state index contributed by atoms with van der Waals surface area (Å²) in [4.78, 5) is 21.4. The quantitative estimate of drug-likeness (QED) is 0.757. The molecule has 27 heavy (non-hydrogen) atoms. The number of rotatable bonds is 6. The standard InChI is InChI=1S/C21H28N4O2/c1-15-23-18(21(26)25-17-10-5-3-4-6-11-17)13-20(24-15)22-14-16-9-7-8-12-19(16)27-2/h7-9,12-13,17H,3-6,10-11,14H2,1-2H3,(H,25,26)(H,22,23,24). The summed E-state index contributed by atoms with van der Waals surface area (Å²) in [6.45, 7) is 2.36. The van der Waals surface area contributed by atoms with Crippen molar-refractivity contribution in [3.8, 4) is 5.75 Å². The van der Waals surface area contributed by atoms with Crippen molar-refractivity contribution in [1.82, 2.24) is 15.3 Å². The van der Waals surface area contributed by atoms with Crippen molar-refractivity contribution in [2.75, 3.05) is 12.4 Å². The Bertz CT molecular complexity index is 771. The number of carbonyl (C=O) groups is 1. The highest BCUT2D eigenvalue weighted by Crippen LogP contribution is 2.20. The van der Waals surface area contributed by atoms with E-state index >= 15 is 0 Å². The molecule has 2 aromatic rings. The summed E-state index contributed by atoms with van der Waals surface area (Å²) < 4.78 is 5.38. The number of hydrogen-bond donors (Lipinski definition) is 2. The molecule has 2 N–H and O–H groups in total. The molecule has 0 saturated heterocycles. The Balaban J connectivity index is 1.67. The van der Waals surface area contributed by atoms with Gasteiger partial charge in [0.1, 0.15) is 23.1 Å². The lowest BCUT2D eigenvalue weighted by atomic mass is 10.1. The number of anilines is 1. The van der Waals surface area contributed by atoms with E-state index in [0.29, 0.717) is 23.9 Å². The molecule has 1 aliphatic carbocycles. The van der Waals surface area contributed by atoms with Gasteiger partial charge < -0.3 is 15.4 Å². The predicted molar refractivity (Wildman–Crippen MR) is 106 cm³/mol. The van der Waals surface area contributed by atoms with Crippen molar-refractivity contribution < 1.29 is 9.53 Å². The minimum absolute atomic E-state index is 0.118. The molecule has 0 radical (unpaired) electrons. The Morgan fingerprint density at radius 1 is 1.15 bits per heavy atom. The van der Waals surface area contributed by atoms with E-state index in [1.807, 2.05) is 24.3 Å². The summed E-state index contributed by atoms with van der Waals surface area (Å²) in [5.41, 5.74) is 1.44. The number of aryl methyl sites for hydroxylation is 1. The lowest BCUT2D eigenvalue weighted by Crippen LogP contribution is -2.35. The Morgan fingerprint density at radius 3 is 2.63 bits per heavy atom. The number of benzene rings is 1. The summed E-state index contributed by atoms with van der Waals surface area (Å²) in [7, 11) is 1.66. The molecule has 0 atom stereocenters. The number of ether oxygens (including phenoxy) is 1. The Kier molecular flexibility index (Phi) is 6.63. The number of amides is 1. The third kappa shape index (κ3) is 5.42. The van der Waals surface area contributed by atoms with Gasteiger partial charge in [0, 0.05) is 24.2 Å². The molecule has 144 valence electrons. The van der Waals surface area contributed by atoms with Crippen LogP contribution in [0.3, 0.4) is 0 Å². The van der Waals surface area contributed by atoms with Crippen molar-refractivity contribution in [3.05, 3.63) is 47.4 Å². The van der Waals surface area contributed by atoms with E-state index in [0.717, 1.165) is 24.2 Å². The van der Waals surface area contributed by atoms with Crippen molar-refractivity contribution >= 4 is 11.7 Å². The zero-order chi connectivity index (χ0) is 19.1. The van der Waals surface area contributed by atoms with Crippen LogP contribution in [0, 0.1) is 6.92 Å². The Labute approximate surface area is 160 Å². The van der Waals surface area contributed by atoms with Gasteiger partial charge >= 0.3 is 0 Å². The molecule has 1 aromatic carbocycles. The molecular formula is C21H28N4O2. The number of nitrogens with one attached hydrogen (secondary N) is 2. The van der Waals surface area contributed by atoms with E-state index in [2.05, 4.69) is 20.6 Å². The molecule has 6 nitrogen and oxygen atoms in total. The molecule has 1 aliphatic rings. The van der Waals surface area contributed by atoms with Crippen molar-refractivity contribution in [3.63, 3.8) is 0 Å². The Hall–Kier alpha value is -2.63. The molecule has 1 fully saturated rings. The van der Waals surface area contributed by atoms with Crippen LogP contribution >= 0.6 is 0 Å². The van der Waals surface area contributed by atoms with Crippen LogP contribution in [0.25, 0.3) is 0 Å². The van der Waals surface area contributed by atoms with Gasteiger partial charge in [-0.3, -0.25) is 4.79 Å². The van der Waals surface area contributed by atoms with Gasteiger partial charge in [-0.1, -0.05) is 43.9 Å². The first kappa shape index (κ1) is 19.1. The van der Waals surface area contributed by atoms with Crippen molar-refractivity contribution in [2.24, 2.45) is 0 Å². The van der Waals surface area contributed by atoms with Crippen LogP contribution in [-0.2, 0) is 6.54 Å². The van der Waals surface area contributed by atoms with E-state index in [9.17, 15) is 4.79 Å². The molecule has 1 heterocycles. The number of methoxy groups -OCH3 is 1. The van der Waals surface area contributed by atoms with E-state index in [1.165, 1.54) is 25.7 Å². The third-order valence-corrected chi connectivity index (χ3v) is 4.91. The fourth-order valence-electron chi connectivity index (χ4n) is 3.49. The molecule has 1 amide bonds. The van der Waals surface area contributed by atoms with Gasteiger partial charge in [-0.05, 0) is 25.8 Å². The second kappa shape index (κ2) is 9.35. The third-order valence-electron chi connectivity index (χ3n) is 4.91. The first-order chi connectivity index (χ1) is 13.2. The summed E-state index contributed by atoms with van der Waals surface area (Å²) in [5.74, 6) is 1.92. The second-order valence-corrected chi connectivity index (χ2v) is 7.01. The zero-order valence-corrected chi connectivity index (χ0v) is 16.1. The van der Waals surface area contributed by atoms with Crippen LogP contribution in [0.2, 0.25) is 0 Å². The zero-order valence-electron chi connectivity index (χ0n) is 16.1. The maximum atomic E-state index is 12.7. The topological polar surface area (TPSA) is 76.1 Å². The molecule has 0 spiro atoms. The highest BCUT2D eigenvalue weighted by Gasteiger charge is 2.17. The largest absolute Gasteiger partial charge is 0.496 e. The SMILES string of the molecule is COc1ccccc1CNc1cc(C(=O)NC2CCCCCC2)nc(C)n1. The summed E-state index contributed by atoms with van der Waals surface area (Å²) in [6.07, 6.45) is 6.98. The maximum Gasteiger partial charge on any atom is 0.270 e. The van der Waals surface area contributed by atoms with Gasteiger partial charge in [0.15, 0.2) is 0 Å². The average Bonchev–Trinajstić information content (AvgIpc) is 2.95. The number of hydrogen-bond acceptors (Lipinski definition) is 5. The van der Waals surface area contributed by atoms with Crippen LogP contribution < -0.4 is 15.4 Å². The minimum Gasteiger partial charge on any atom is -0.496 e. The first-order valence-electron chi connectivity index (χ1n) is 9.68. The molecule has 3 rings (SSSR count). The van der Waals surface area contributed by atoms with Crippen LogP contribution in [0.15, 0.2) is 30.3 Å². The highest BCUT2D eigenvalue weighted by atomic mass is 16.5. The second-order valence-electron chi connectivity index (χ2n) is 7.01. The fourth-order valence-corrected chi connectivity index (χ4v) is 3.49. The fraction of sp³-hybridized carbons (Fsp3) is 0.476. The molecule has 1 aromatic heterocycles. The van der Waals surface area contributed by atoms with Crippen molar-refractivity contribution in [1.29, 1.82) is 0 Å². The summed E-state index contributed by atoms with van der Waals surface area (Å²) >= 11 is 0. The van der Waals surface area contributed by atoms with Gasteiger partial charge in [-0.15, -0.1) is 0 Å². The van der Waals surface area contributed by atoms with Gasteiger partial charge in [0.25, 0.3) is 5.91 Å². The van der Waals surface area contributed by atoms with Crippen LogP contribution in [0.5, 0.6) is 5.75 Å². The van der Waals surface area contributed by atoms with Gasteiger partial charge in [-0.25, -0.2) is 9.97 Å². The predicted octanol–water partition coefficient (Wildman–Crippen LogP) is 3.86. The Morgan fingerprint density at radius 2 is 1.89 bits per heavy atom. The van der Waals surface area contributed by atoms with Gasteiger partial charge in [0.05, 0.1) is 7.11 Å². The summed E-state index contributed by atoms with van der Waals surface area (Å²) in [6, 6.07) is 9.80. The highest BCUT2D eigenvalue weighted by molar-refractivity contribution is 5.93. The van der Waals surface area contributed by atoms with E-state index in [1.54, 1.807) is 20.1 Å².